The molecule has 0 aliphatic rings. The molecule has 0 rings (SSSR count). The van der Waals surface area contributed by atoms with Crippen molar-refractivity contribution in [3.05, 3.63) is 37.0 Å². The molecule has 0 atom stereocenters. The van der Waals surface area contributed by atoms with Gasteiger partial charge in [0, 0.05) is 0 Å². The summed E-state index contributed by atoms with van der Waals surface area (Å²) < 4.78 is 0. The van der Waals surface area contributed by atoms with Gasteiger partial charge in [-0.2, -0.15) is 0 Å². The summed E-state index contributed by atoms with van der Waals surface area (Å²) in [6, 6.07) is 0. The molecule has 0 saturated carbocycles. The van der Waals surface area contributed by atoms with E-state index in [1.807, 2.05) is 0 Å². The predicted molar refractivity (Wildman–Crippen MR) is 48.6 cm³/mol. The van der Waals surface area contributed by atoms with Crippen molar-refractivity contribution in [1.29, 1.82) is 0 Å². The predicted octanol–water partition coefficient (Wildman–Crippen LogP) is 2.83. The highest BCUT2D eigenvalue weighted by atomic mass is 35.5. The average molecular weight is 171 g/mol. The van der Waals surface area contributed by atoms with Gasteiger partial charge >= 0.3 is 0 Å². The van der Waals surface area contributed by atoms with Gasteiger partial charge in [-0.1, -0.05) is 17.7 Å². The molecule has 0 aliphatic carbocycles. The lowest BCUT2D eigenvalue weighted by Crippen LogP contribution is -1.84. The monoisotopic (exact) mass is 170 g/mol. The van der Waals surface area contributed by atoms with Crippen molar-refractivity contribution in [2.45, 2.75) is 12.8 Å². The quantitative estimate of drug-likeness (QED) is 0.352. The molecule has 0 heterocycles. The molecule has 0 aliphatic heterocycles. The molecule has 0 fully saturated rings. The highest BCUT2D eigenvalue weighted by molar-refractivity contribution is 6.66. The Kier molecular flexibility index (Phi) is 5.49. The van der Waals surface area contributed by atoms with Crippen molar-refractivity contribution in [2.75, 3.05) is 0 Å². The lowest BCUT2D eigenvalue weighted by atomic mass is 10.1. The Hall–Kier alpha value is -0.820. The fourth-order valence-corrected chi connectivity index (χ4v) is 0.887. The van der Waals surface area contributed by atoms with Crippen LogP contribution in [0.2, 0.25) is 0 Å². The van der Waals surface area contributed by atoms with Gasteiger partial charge in [0.15, 0.2) is 0 Å². The van der Waals surface area contributed by atoms with Crippen LogP contribution >= 0.6 is 11.6 Å². The lowest BCUT2D eigenvalue weighted by molar-refractivity contribution is -0.107. The molecular weight excluding hydrogens is 160 g/mol. The van der Waals surface area contributed by atoms with E-state index in [4.69, 9.17) is 11.6 Å². The normalized spacial score (nSPS) is 8.45. The van der Waals surface area contributed by atoms with Crippen LogP contribution in [0.25, 0.3) is 0 Å². The molecule has 0 saturated heterocycles. The van der Waals surface area contributed by atoms with Crippen LogP contribution in [0.1, 0.15) is 12.8 Å². The summed E-state index contributed by atoms with van der Waals surface area (Å²) in [7, 11) is 0. The van der Waals surface area contributed by atoms with Gasteiger partial charge in [0.25, 0.3) is 0 Å². The fourth-order valence-electron chi connectivity index (χ4n) is 0.732. The fraction of sp³-hybridized carbons (Fsp3) is 0.222. The summed E-state index contributed by atoms with van der Waals surface area (Å²) in [6.07, 6.45) is 6.24. The molecule has 0 aromatic carbocycles. The first kappa shape index (κ1) is 10.2. The number of hydrogen-bond donors (Lipinski definition) is 0. The molecule has 1 nitrogen and oxygen atoms in total. The molecular formula is C9H11ClO. The third-order valence-corrected chi connectivity index (χ3v) is 1.24. The van der Waals surface area contributed by atoms with E-state index < -0.39 is 5.24 Å². The topological polar surface area (TPSA) is 17.1 Å². The van der Waals surface area contributed by atoms with Crippen molar-refractivity contribution in [3.63, 3.8) is 0 Å². The number of hydrogen-bond acceptors (Lipinski definition) is 1. The summed E-state index contributed by atoms with van der Waals surface area (Å²) in [5.74, 6) is 0. The van der Waals surface area contributed by atoms with E-state index in [0.29, 0.717) is 12.8 Å². The van der Waals surface area contributed by atoms with Crippen molar-refractivity contribution in [3.8, 4) is 0 Å². The second-order valence-corrected chi connectivity index (χ2v) is 2.46. The summed E-state index contributed by atoms with van der Waals surface area (Å²) in [5.41, 5.74) is 0.940. The van der Waals surface area contributed by atoms with Gasteiger partial charge in [-0.25, -0.2) is 0 Å². The molecule has 0 unspecified atom stereocenters. The van der Waals surface area contributed by atoms with Crippen LogP contribution in [0.15, 0.2) is 37.0 Å². The number of halogens is 1. The largest absolute Gasteiger partial charge is 0.276 e. The molecule has 0 aromatic heterocycles. The molecule has 2 heteroatoms. The second-order valence-electron chi connectivity index (χ2n) is 2.09. The van der Waals surface area contributed by atoms with Gasteiger partial charge in [-0.3, -0.25) is 4.79 Å². The minimum Gasteiger partial charge on any atom is -0.276 e. The Bertz CT molecular complexity index is 180. The van der Waals surface area contributed by atoms with Crippen molar-refractivity contribution >= 4 is 16.8 Å². The summed E-state index contributed by atoms with van der Waals surface area (Å²) in [5, 5.41) is -0.441. The standard InChI is InChI=1S/C9H11ClO/c1-3-5-8(6-4-2)7-9(10)11/h3-4,7H,1-2,5-6H2. The molecule has 0 N–H and O–H groups in total. The van der Waals surface area contributed by atoms with Crippen LogP contribution in [-0.2, 0) is 4.79 Å². The zero-order valence-electron chi connectivity index (χ0n) is 6.35. The molecule has 60 valence electrons. The number of allylic oxidation sites excluding steroid dienone is 4. The zero-order valence-corrected chi connectivity index (χ0v) is 7.10. The molecule has 0 spiro atoms. The Morgan fingerprint density at radius 1 is 1.27 bits per heavy atom. The number of carbonyl (C=O) groups is 1. The Balaban J connectivity index is 4.17. The van der Waals surface area contributed by atoms with Gasteiger partial charge in [-0.05, 0) is 30.5 Å². The first-order chi connectivity index (χ1) is 5.20. The Morgan fingerprint density at radius 3 is 2.00 bits per heavy atom. The van der Waals surface area contributed by atoms with Crippen molar-refractivity contribution in [2.24, 2.45) is 0 Å². The number of rotatable bonds is 5. The van der Waals surface area contributed by atoms with Crippen molar-refractivity contribution in [1.82, 2.24) is 0 Å². The highest BCUT2D eigenvalue weighted by Gasteiger charge is 1.94. The average Bonchev–Trinajstić information content (AvgIpc) is 1.87. The van der Waals surface area contributed by atoms with Gasteiger partial charge in [-0.15, -0.1) is 13.2 Å². The highest BCUT2D eigenvalue weighted by Crippen LogP contribution is 2.08. The lowest BCUT2D eigenvalue weighted by Gasteiger charge is -1.96. The van der Waals surface area contributed by atoms with E-state index >= 15 is 0 Å². The zero-order chi connectivity index (χ0) is 8.69. The van der Waals surface area contributed by atoms with Crippen LogP contribution in [0.5, 0.6) is 0 Å². The van der Waals surface area contributed by atoms with Crippen LogP contribution in [-0.4, -0.2) is 5.24 Å². The second kappa shape index (κ2) is 5.93. The van der Waals surface area contributed by atoms with Crippen LogP contribution in [0, 0.1) is 0 Å². The first-order valence-electron chi connectivity index (χ1n) is 3.31. The van der Waals surface area contributed by atoms with E-state index in [9.17, 15) is 4.79 Å². The Morgan fingerprint density at radius 2 is 1.73 bits per heavy atom. The molecule has 0 radical (unpaired) electrons. The minimum absolute atomic E-state index is 0.441. The van der Waals surface area contributed by atoms with Crippen LogP contribution < -0.4 is 0 Å². The van der Waals surface area contributed by atoms with Gasteiger partial charge < -0.3 is 0 Å². The molecule has 0 bridgehead atoms. The van der Waals surface area contributed by atoms with E-state index in [2.05, 4.69) is 13.2 Å². The smallest absolute Gasteiger partial charge is 0.245 e. The number of carbonyl (C=O) groups excluding carboxylic acids is 1. The first-order valence-corrected chi connectivity index (χ1v) is 3.69. The minimum atomic E-state index is -0.441. The summed E-state index contributed by atoms with van der Waals surface area (Å²) in [4.78, 5) is 10.4. The molecule has 0 amide bonds. The van der Waals surface area contributed by atoms with Gasteiger partial charge in [0.05, 0.1) is 0 Å². The van der Waals surface area contributed by atoms with E-state index in [1.54, 1.807) is 12.2 Å². The maximum absolute atomic E-state index is 10.4. The SMILES string of the molecule is C=CCC(=CC(=O)Cl)CC=C. The maximum Gasteiger partial charge on any atom is 0.245 e. The van der Waals surface area contributed by atoms with E-state index in [-0.39, 0.29) is 0 Å². The van der Waals surface area contributed by atoms with Crippen molar-refractivity contribution < 1.29 is 4.79 Å². The summed E-state index contributed by atoms with van der Waals surface area (Å²) >= 11 is 5.16. The van der Waals surface area contributed by atoms with E-state index in [0.717, 1.165) is 5.57 Å². The Labute approximate surface area is 72.1 Å². The third-order valence-electron chi connectivity index (χ3n) is 1.13. The van der Waals surface area contributed by atoms with Gasteiger partial charge in [0.1, 0.15) is 0 Å². The third kappa shape index (κ3) is 5.62. The summed E-state index contributed by atoms with van der Waals surface area (Å²) in [6.45, 7) is 7.12. The maximum atomic E-state index is 10.4. The molecule has 0 aromatic rings. The molecule has 11 heavy (non-hydrogen) atoms. The van der Waals surface area contributed by atoms with E-state index in [1.165, 1.54) is 6.08 Å². The van der Waals surface area contributed by atoms with Gasteiger partial charge in [0.2, 0.25) is 5.24 Å². The van der Waals surface area contributed by atoms with Crippen LogP contribution in [0.3, 0.4) is 0 Å². The van der Waals surface area contributed by atoms with Crippen LogP contribution in [0.4, 0.5) is 0 Å².